The molecule has 0 radical (unpaired) electrons. The minimum atomic E-state index is -0.467. The van der Waals surface area contributed by atoms with E-state index in [-0.39, 0.29) is 11.4 Å². The number of aliphatic imine (C=N–C) groups is 1. The summed E-state index contributed by atoms with van der Waals surface area (Å²) >= 11 is 3.12. The highest BCUT2D eigenvalue weighted by Gasteiger charge is 2.11. The first kappa shape index (κ1) is 14.2. The van der Waals surface area contributed by atoms with Crippen LogP contribution in [0.4, 0.5) is 11.4 Å². The fourth-order valence-electron chi connectivity index (χ4n) is 1.63. The van der Waals surface area contributed by atoms with E-state index in [9.17, 15) is 15.2 Å². The number of phenols is 1. The molecule has 0 aliphatic carbocycles. The van der Waals surface area contributed by atoms with Gasteiger partial charge in [-0.15, -0.1) is 0 Å². The average molecular weight is 335 g/mol. The van der Waals surface area contributed by atoms with Crippen LogP contribution in [-0.2, 0) is 0 Å². The Labute approximate surface area is 123 Å². The zero-order valence-corrected chi connectivity index (χ0v) is 12.2. The first-order chi connectivity index (χ1) is 9.47. The SMILES string of the molecule is Cc1ccc(O)c(N=Cc2ccc(Br)c([N+](=O)[O-])c2)c1. The van der Waals surface area contributed by atoms with E-state index in [4.69, 9.17) is 0 Å². The van der Waals surface area contributed by atoms with Crippen molar-refractivity contribution in [3.63, 3.8) is 0 Å². The predicted molar refractivity (Wildman–Crippen MR) is 80.9 cm³/mol. The van der Waals surface area contributed by atoms with E-state index in [1.165, 1.54) is 12.3 Å². The third-order valence-corrected chi connectivity index (χ3v) is 3.32. The Balaban J connectivity index is 2.34. The van der Waals surface area contributed by atoms with Crippen LogP contribution < -0.4 is 0 Å². The van der Waals surface area contributed by atoms with Gasteiger partial charge in [0.05, 0.1) is 9.40 Å². The molecule has 102 valence electrons. The number of benzene rings is 2. The van der Waals surface area contributed by atoms with Gasteiger partial charge in [-0.3, -0.25) is 15.1 Å². The third-order valence-electron chi connectivity index (χ3n) is 2.65. The van der Waals surface area contributed by atoms with Gasteiger partial charge in [0.1, 0.15) is 11.4 Å². The van der Waals surface area contributed by atoms with Crippen molar-refractivity contribution in [2.75, 3.05) is 0 Å². The molecular formula is C14H11BrN2O3. The minimum Gasteiger partial charge on any atom is -0.506 e. The number of hydrogen-bond donors (Lipinski definition) is 1. The second-order valence-corrected chi connectivity index (χ2v) is 5.07. The highest BCUT2D eigenvalue weighted by molar-refractivity contribution is 9.10. The summed E-state index contributed by atoms with van der Waals surface area (Å²) in [6.45, 7) is 1.89. The first-order valence-corrected chi connectivity index (χ1v) is 6.54. The van der Waals surface area contributed by atoms with Crippen LogP contribution in [-0.4, -0.2) is 16.2 Å². The van der Waals surface area contributed by atoms with Crippen molar-refractivity contribution in [1.29, 1.82) is 0 Å². The summed E-state index contributed by atoms with van der Waals surface area (Å²) in [7, 11) is 0. The van der Waals surface area contributed by atoms with Gasteiger partial charge in [0.2, 0.25) is 0 Å². The van der Waals surface area contributed by atoms with E-state index in [0.29, 0.717) is 15.7 Å². The van der Waals surface area contributed by atoms with Crippen molar-refractivity contribution in [2.45, 2.75) is 6.92 Å². The highest BCUT2D eigenvalue weighted by Crippen LogP contribution is 2.28. The predicted octanol–water partition coefficient (Wildman–Crippen LogP) is 4.12. The van der Waals surface area contributed by atoms with Crippen LogP contribution in [0, 0.1) is 17.0 Å². The number of nitrogens with zero attached hydrogens (tertiary/aromatic N) is 2. The number of aromatic hydroxyl groups is 1. The van der Waals surface area contributed by atoms with Gasteiger partial charge in [0.15, 0.2) is 0 Å². The number of aryl methyl sites for hydroxylation is 1. The third kappa shape index (κ3) is 3.21. The van der Waals surface area contributed by atoms with Gasteiger partial charge < -0.3 is 5.11 Å². The smallest absolute Gasteiger partial charge is 0.284 e. The van der Waals surface area contributed by atoms with Crippen molar-refractivity contribution in [3.05, 3.63) is 62.1 Å². The topological polar surface area (TPSA) is 75.7 Å². The van der Waals surface area contributed by atoms with Crippen molar-refractivity contribution in [2.24, 2.45) is 4.99 Å². The molecule has 0 saturated carbocycles. The van der Waals surface area contributed by atoms with Gasteiger partial charge >= 0.3 is 0 Å². The zero-order valence-electron chi connectivity index (χ0n) is 10.6. The summed E-state index contributed by atoms with van der Waals surface area (Å²) in [5.74, 6) is 0.0680. The van der Waals surface area contributed by atoms with Crippen molar-refractivity contribution < 1.29 is 10.0 Å². The molecule has 0 unspecified atom stereocenters. The molecule has 0 fully saturated rings. The molecule has 2 rings (SSSR count). The van der Waals surface area contributed by atoms with Gasteiger partial charge in [-0.1, -0.05) is 12.1 Å². The Morgan fingerprint density at radius 3 is 2.75 bits per heavy atom. The molecule has 0 aromatic heterocycles. The molecule has 0 amide bonds. The lowest BCUT2D eigenvalue weighted by atomic mass is 10.2. The van der Waals surface area contributed by atoms with Crippen molar-refractivity contribution in [3.8, 4) is 5.75 Å². The normalized spacial score (nSPS) is 10.9. The van der Waals surface area contributed by atoms with E-state index >= 15 is 0 Å². The lowest BCUT2D eigenvalue weighted by molar-refractivity contribution is -0.385. The number of halogens is 1. The lowest BCUT2D eigenvalue weighted by Gasteiger charge is -2.00. The van der Waals surface area contributed by atoms with E-state index in [0.717, 1.165) is 5.56 Å². The van der Waals surface area contributed by atoms with Crippen molar-refractivity contribution >= 4 is 33.5 Å². The summed E-state index contributed by atoms with van der Waals surface area (Å²) < 4.78 is 0.415. The quantitative estimate of drug-likeness (QED) is 0.521. The monoisotopic (exact) mass is 334 g/mol. The zero-order chi connectivity index (χ0) is 14.7. The number of hydrogen-bond acceptors (Lipinski definition) is 4. The molecule has 1 N–H and O–H groups in total. The summed E-state index contributed by atoms with van der Waals surface area (Å²) in [6, 6.07) is 9.79. The second kappa shape index (κ2) is 5.83. The van der Waals surface area contributed by atoms with E-state index in [2.05, 4.69) is 20.9 Å². The van der Waals surface area contributed by atoms with E-state index < -0.39 is 4.92 Å². The Morgan fingerprint density at radius 2 is 2.05 bits per heavy atom. The molecule has 0 bridgehead atoms. The molecule has 5 nitrogen and oxygen atoms in total. The molecular weight excluding hydrogens is 324 g/mol. The Kier molecular flexibility index (Phi) is 4.14. The number of phenolic OH excluding ortho intramolecular Hbond substituents is 1. The number of rotatable bonds is 3. The maximum Gasteiger partial charge on any atom is 0.284 e. The fourth-order valence-corrected chi connectivity index (χ4v) is 2.02. The van der Waals surface area contributed by atoms with Crippen LogP contribution in [0.2, 0.25) is 0 Å². The Bertz CT molecular complexity index is 699. The summed E-state index contributed by atoms with van der Waals surface area (Å²) in [5, 5.41) is 20.5. The van der Waals surface area contributed by atoms with Crippen LogP contribution in [0.1, 0.15) is 11.1 Å². The molecule has 2 aromatic carbocycles. The van der Waals surface area contributed by atoms with Crippen molar-refractivity contribution in [1.82, 2.24) is 0 Å². The molecule has 0 aliphatic heterocycles. The second-order valence-electron chi connectivity index (χ2n) is 4.22. The molecule has 0 atom stereocenters. The Morgan fingerprint density at radius 1 is 1.30 bits per heavy atom. The standard InChI is InChI=1S/C14H11BrN2O3/c1-9-2-5-14(18)12(6-9)16-8-10-3-4-11(15)13(7-10)17(19)20/h2-8,18H,1H3. The number of nitro groups is 1. The molecule has 20 heavy (non-hydrogen) atoms. The van der Waals surface area contributed by atoms with Crippen LogP contribution >= 0.6 is 15.9 Å². The lowest BCUT2D eigenvalue weighted by Crippen LogP contribution is -1.91. The van der Waals surface area contributed by atoms with Crippen LogP contribution in [0.3, 0.4) is 0 Å². The van der Waals surface area contributed by atoms with Crippen LogP contribution in [0.25, 0.3) is 0 Å². The minimum absolute atomic E-state index is 0.0255. The number of nitro benzene ring substituents is 1. The van der Waals surface area contributed by atoms with Crippen LogP contribution in [0.15, 0.2) is 45.9 Å². The van der Waals surface area contributed by atoms with Gasteiger partial charge in [-0.25, -0.2) is 0 Å². The van der Waals surface area contributed by atoms with Gasteiger partial charge in [-0.05, 0) is 52.2 Å². The highest BCUT2D eigenvalue weighted by atomic mass is 79.9. The molecule has 6 heteroatoms. The molecule has 0 saturated heterocycles. The molecule has 0 aliphatic rings. The van der Waals surface area contributed by atoms with Crippen LogP contribution in [0.5, 0.6) is 5.75 Å². The van der Waals surface area contributed by atoms with E-state index in [1.807, 2.05) is 6.92 Å². The summed E-state index contributed by atoms with van der Waals surface area (Å²) in [4.78, 5) is 14.5. The first-order valence-electron chi connectivity index (χ1n) is 5.75. The summed E-state index contributed by atoms with van der Waals surface area (Å²) in [5.41, 5.74) is 1.95. The maximum atomic E-state index is 10.8. The van der Waals surface area contributed by atoms with Gasteiger partial charge in [0.25, 0.3) is 5.69 Å². The van der Waals surface area contributed by atoms with E-state index in [1.54, 1.807) is 30.3 Å². The molecule has 0 heterocycles. The average Bonchev–Trinajstić information content (AvgIpc) is 2.41. The maximum absolute atomic E-state index is 10.8. The Hall–Kier alpha value is -2.21. The molecule has 0 spiro atoms. The largest absolute Gasteiger partial charge is 0.506 e. The molecule has 2 aromatic rings. The fraction of sp³-hybridized carbons (Fsp3) is 0.0714. The van der Waals surface area contributed by atoms with Gasteiger partial charge in [-0.2, -0.15) is 0 Å². The summed E-state index contributed by atoms with van der Waals surface area (Å²) in [6.07, 6.45) is 1.48. The van der Waals surface area contributed by atoms with Gasteiger partial charge in [0, 0.05) is 12.3 Å².